The minimum Gasteiger partial charge on any atom is -0.271 e. The van der Waals surface area contributed by atoms with E-state index in [0.29, 0.717) is 5.82 Å². The summed E-state index contributed by atoms with van der Waals surface area (Å²) in [5, 5.41) is 0. The van der Waals surface area contributed by atoms with Gasteiger partial charge >= 0.3 is 0 Å². The summed E-state index contributed by atoms with van der Waals surface area (Å²) in [5.41, 5.74) is 2.68. The van der Waals surface area contributed by atoms with Crippen molar-refractivity contribution in [1.29, 1.82) is 0 Å². The van der Waals surface area contributed by atoms with Gasteiger partial charge in [-0.1, -0.05) is 0 Å². The van der Waals surface area contributed by atoms with Gasteiger partial charge in [0.25, 0.3) is 0 Å². The van der Waals surface area contributed by atoms with Gasteiger partial charge in [-0.2, -0.15) is 0 Å². The summed E-state index contributed by atoms with van der Waals surface area (Å²) in [5.74, 6) is 11.9. The molecule has 3 N–H and O–H groups in total. The minimum atomic E-state index is -0.0166. The van der Waals surface area contributed by atoms with E-state index in [1.54, 1.807) is 18.5 Å². The standard InChI is InChI=1S/C10H14N4/c1-2-3-4-6-9(14-11)10-12-7-5-8-13-10/h5,7-9,14H,4,6,11H2,1H3. The molecule has 74 valence electrons. The lowest BCUT2D eigenvalue weighted by atomic mass is 10.1. The molecule has 0 saturated carbocycles. The zero-order valence-corrected chi connectivity index (χ0v) is 8.20. The van der Waals surface area contributed by atoms with Gasteiger partial charge in [-0.25, -0.2) is 15.4 Å². The quantitative estimate of drug-likeness (QED) is 0.418. The van der Waals surface area contributed by atoms with Gasteiger partial charge in [0.2, 0.25) is 0 Å². The van der Waals surface area contributed by atoms with Crippen molar-refractivity contribution in [2.24, 2.45) is 5.84 Å². The highest BCUT2D eigenvalue weighted by atomic mass is 15.2. The van der Waals surface area contributed by atoms with E-state index >= 15 is 0 Å². The molecular weight excluding hydrogens is 176 g/mol. The van der Waals surface area contributed by atoms with E-state index in [1.165, 1.54) is 0 Å². The number of nitrogens with one attached hydrogen (secondary N) is 1. The van der Waals surface area contributed by atoms with Crippen LogP contribution < -0.4 is 11.3 Å². The summed E-state index contributed by atoms with van der Waals surface area (Å²) in [4.78, 5) is 8.25. The van der Waals surface area contributed by atoms with Gasteiger partial charge < -0.3 is 0 Å². The predicted octanol–water partition coefficient (Wildman–Crippen LogP) is 0.784. The number of nitrogens with two attached hydrogens (primary N) is 1. The van der Waals surface area contributed by atoms with Crippen LogP contribution in [0.3, 0.4) is 0 Å². The van der Waals surface area contributed by atoms with Crippen LogP contribution in [0.4, 0.5) is 0 Å². The highest BCUT2D eigenvalue weighted by Gasteiger charge is 2.10. The summed E-state index contributed by atoms with van der Waals surface area (Å²) in [6.07, 6.45) is 5.03. The summed E-state index contributed by atoms with van der Waals surface area (Å²) in [7, 11) is 0. The monoisotopic (exact) mass is 190 g/mol. The van der Waals surface area contributed by atoms with Crippen LogP contribution in [0.2, 0.25) is 0 Å². The van der Waals surface area contributed by atoms with Crippen molar-refractivity contribution in [3.63, 3.8) is 0 Å². The highest BCUT2D eigenvalue weighted by Crippen LogP contribution is 2.11. The van der Waals surface area contributed by atoms with E-state index < -0.39 is 0 Å². The molecule has 4 nitrogen and oxygen atoms in total. The van der Waals surface area contributed by atoms with Crippen molar-refractivity contribution in [2.45, 2.75) is 25.8 Å². The second-order valence-electron chi connectivity index (χ2n) is 2.79. The number of hydrazine groups is 1. The summed E-state index contributed by atoms with van der Waals surface area (Å²) < 4.78 is 0. The van der Waals surface area contributed by atoms with Crippen LogP contribution in [0.25, 0.3) is 0 Å². The molecule has 14 heavy (non-hydrogen) atoms. The molecule has 1 unspecified atom stereocenters. The smallest absolute Gasteiger partial charge is 0.146 e. The van der Waals surface area contributed by atoms with Crippen LogP contribution in [0.1, 0.15) is 31.6 Å². The SMILES string of the molecule is CC#CCCC(NN)c1ncccn1. The van der Waals surface area contributed by atoms with Crippen LogP contribution in [0, 0.1) is 11.8 Å². The van der Waals surface area contributed by atoms with Crippen LogP contribution in [-0.2, 0) is 0 Å². The third kappa shape index (κ3) is 3.13. The molecule has 0 saturated heterocycles. The first-order valence-corrected chi connectivity index (χ1v) is 4.51. The number of rotatable bonds is 4. The van der Waals surface area contributed by atoms with Gasteiger partial charge in [-0.3, -0.25) is 5.84 Å². The van der Waals surface area contributed by atoms with Gasteiger partial charge in [0.1, 0.15) is 5.82 Å². The topological polar surface area (TPSA) is 63.8 Å². The Hall–Kier alpha value is -1.44. The minimum absolute atomic E-state index is 0.0166. The molecule has 0 spiro atoms. The summed E-state index contributed by atoms with van der Waals surface area (Å²) in [6, 6.07) is 1.76. The van der Waals surface area contributed by atoms with Gasteiger partial charge in [0, 0.05) is 18.8 Å². The average Bonchev–Trinajstić information content (AvgIpc) is 2.26. The van der Waals surface area contributed by atoms with Crippen molar-refractivity contribution < 1.29 is 0 Å². The van der Waals surface area contributed by atoms with E-state index in [4.69, 9.17) is 5.84 Å². The molecule has 1 rings (SSSR count). The lowest BCUT2D eigenvalue weighted by molar-refractivity contribution is 0.497. The Morgan fingerprint density at radius 1 is 1.50 bits per heavy atom. The molecular formula is C10H14N4. The molecule has 0 aliphatic rings. The first kappa shape index (κ1) is 10.6. The molecule has 0 bridgehead atoms. The fourth-order valence-electron chi connectivity index (χ4n) is 1.12. The van der Waals surface area contributed by atoms with Crippen molar-refractivity contribution in [3.05, 3.63) is 24.3 Å². The van der Waals surface area contributed by atoms with Gasteiger partial charge in [0.15, 0.2) is 0 Å². The largest absolute Gasteiger partial charge is 0.271 e. The van der Waals surface area contributed by atoms with Gasteiger partial charge in [-0.05, 0) is 19.4 Å². The Morgan fingerprint density at radius 2 is 2.21 bits per heavy atom. The fourth-order valence-corrected chi connectivity index (χ4v) is 1.12. The maximum absolute atomic E-state index is 5.41. The zero-order chi connectivity index (χ0) is 10.2. The van der Waals surface area contributed by atoms with E-state index in [2.05, 4.69) is 27.2 Å². The number of nitrogens with zero attached hydrogens (tertiary/aromatic N) is 2. The van der Waals surface area contributed by atoms with Gasteiger partial charge in [0.05, 0.1) is 6.04 Å². The van der Waals surface area contributed by atoms with E-state index in [1.807, 2.05) is 6.92 Å². The highest BCUT2D eigenvalue weighted by molar-refractivity contribution is 5.00. The van der Waals surface area contributed by atoms with Crippen LogP contribution in [-0.4, -0.2) is 9.97 Å². The molecule has 0 aliphatic carbocycles. The lowest BCUT2D eigenvalue weighted by Crippen LogP contribution is -2.29. The van der Waals surface area contributed by atoms with Crippen molar-refractivity contribution in [1.82, 2.24) is 15.4 Å². The van der Waals surface area contributed by atoms with Crippen molar-refractivity contribution in [2.75, 3.05) is 0 Å². The Balaban J connectivity index is 2.57. The normalized spacial score (nSPS) is 11.6. The maximum atomic E-state index is 5.41. The third-order valence-electron chi connectivity index (χ3n) is 1.83. The molecule has 0 aliphatic heterocycles. The second kappa shape index (κ2) is 6.08. The maximum Gasteiger partial charge on any atom is 0.146 e. The van der Waals surface area contributed by atoms with E-state index in [0.717, 1.165) is 12.8 Å². The molecule has 4 heteroatoms. The summed E-state index contributed by atoms with van der Waals surface area (Å²) in [6.45, 7) is 1.82. The van der Waals surface area contributed by atoms with Crippen molar-refractivity contribution in [3.8, 4) is 11.8 Å². The first-order chi connectivity index (χ1) is 6.88. The number of hydrogen-bond acceptors (Lipinski definition) is 4. The molecule has 0 aromatic carbocycles. The lowest BCUT2D eigenvalue weighted by Gasteiger charge is -2.11. The van der Waals surface area contributed by atoms with Crippen LogP contribution in [0.5, 0.6) is 0 Å². The zero-order valence-electron chi connectivity index (χ0n) is 8.20. The fraction of sp³-hybridized carbons (Fsp3) is 0.400. The average molecular weight is 190 g/mol. The van der Waals surface area contributed by atoms with E-state index in [-0.39, 0.29) is 6.04 Å². The van der Waals surface area contributed by atoms with Crippen molar-refractivity contribution >= 4 is 0 Å². The molecule has 0 amide bonds. The molecule has 0 fully saturated rings. The van der Waals surface area contributed by atoms with E-state index in [9.17, 15) is 0 Å². The Bertz CT molecular complexity index is 312. The summed E-state index contributed by atoms with van der Waals surface area (Å²) >= 11 is 0. The molecule has 1 aromatic heterocycles. The predicted molar refractivity (Wildman–Crippen MR) is 54.8 cm³/mol. The Morgan fingerprint density at radius 3 is 2.79 bits per heavy atom. The van der Waals surface area contributed by atoms with Gasteiger partial charge in [-0.15, -0.1) is 11.8 Å². The molecule has 0 radical (unpaired) electrons. The number of hydrogen-bond donors (Lipinski definition) is 2. The van der Waals surface area contributed by atoms with Crippen LogP contribution >= 0.6 is 0 Å². The van der Waals surface area contributed by atoms with Crippen LogP contribution in [0.15, 0.2) is 18.5 Å². The molecule has 1 heterocycles. The third-order valence-corrected chi connectivity index (χ3v) is 1.83. The molecule has 1 atom stereocenters. The molecule has 1 aromatic rings. The first-order valence-electron chi connectivity index (χ1n) is 4.51. The second-order valence-corrected chi connectivity index (χ2v) is 2.79. The Labute approximate surface area is 83.9 Å². The Kier molecular flexibility index (Phi) is 4.62. The number of aromatic nitrogens is 2.